The van der Waals surface area contributed by atoms with E-state index in [0.717, 1.165) is 5.56 Å². The number of aliphatic imine (C=N–C) groups is 1. The van der Waals surface area contributed by atoms with E-state index in [0.29, 0.717) is 0 Å². The van der Waals surface area contributed by atoms with Crippen molar-refractivity contribution < 1.29 is 14.0 Å². The Morgan fingerprint density at radius 3 is 2.77 bits per heavy atom. The van der Waals surface area contributed by atoms with Crippen LogP contribution in [0.25, 0.3) is 0 Å². The van der Waals surface area contributed by atoms with Crippen LogP contribution in [0.4, 0.5) is 0 Å². The Morgan fingerprint density at radius 1 is 1.46 bits per heavy atom. The van der Waals surface area contributed by atoms with Gasteiger partial charge in [-0.2, -0.15) is 0 Å². The van der Waals surface area contributed by atoms with Crippen LogP contribution in [0, 0.1) is 0 Å². The van der Waals surface area contributed by atoms with E-state index < -0.39 is 8.25 Å². The Labute approximate surface area is 76.8 Å². The van der Waals surface area contributed by atoms with E-state index in [9.17, 15) is 9.46 Å². The summed E-state index contributed by atoms with van der Waals surface area (Å²) in [5.41, 5.74) is 0.909. The molecular weight excluding hydrogens is 189 g/mol. The van der Waals surface area contributed by atoms with Crippen LogP contribution >= 0.6 is 8.25 Å². The van der Waals surface area contributed by atoms with Crippen molar-refractivity contribution in [1.82, 2.24) is 0 Å². The van der Waals surface area contributed by atoms with Crippen LogP contribution in [0.5, 0.6) is 0 Å². The highest BCUT2D eigenvalue weighted by atomic mass is 31.1. The molecule has 0 aromatic heterocycles. The van der Waals surface area contributed by atoms with Crippen LogP contribution < -0.4 is 4.89 Å². The monoisotopic (exact) mass is 197 g/mol. The van der Waals surface area contributed by atoms with E-state index in [2.05, 4.69) is 9.52 Å². The molecule has 0 bridgehead atoms. The van der Waals surface area contributed by atoms with Crippen molar-refractivity contribution in [2.45, 2.75) is 0 Å². The van der Waals surface area contributed by atoms with E-state index in [1.54, 1.807) is 6.21 Å². The van der Waals surface area contributed by atoms with Gasteiger partial charge in [0.1, 0.15) is 0 Å². The van der Waals surface area contributed by atoms with Gasteiger partial charge in [-0.1, -0.05) is 30.3 Å². The summed E-state index contributed by atoms with van der Waals surface area (Å²) in [5, 5.41) is 0. The summed E-state index contributed by atoms with van der Waals surface area (Å²) in [7, 11) is -2.79. The van der Waals surface area contributed by atoms with Crippen molar-refractivity contribution in [3.8, 4) is 0 Å². The summed E-state index contributed by atoms with van der Waals surface area (Å²) < 4.78 is 14.2. The van der Waals surface area contributed by atoms with Gasteiger partial charge in [0.05, 0.1) is 0 Å². The summed E-state index contributed by atoms with van der Waals surface area (Å²) in [6.07, 6.45) is 1.55. The maximum Gasteiger partial charge on any atom is 0.490 e. The largest absolute Gasteiger partial charge is 0.566 e. The predicted octanol–water partition coefficient (Wildman–Crippen LogP) is 1.10. The van der Waals surface area contributed by atoms with Gasteiger partial charge in [0, 0.05) is 6.21 Å². The standard InChI is InChI=1S/C8H8NO3P/c10-13(11)12-7-9-6-8-4-2-1-3-5-8/h1-6H,7H2/b9-6+. The fraction of sp³-hybridized carbons (Fsp3) is 0.125. The molecule has 68 valence electrons. The number of rotatable bonds is 4. The zero-order valence-electron chi connectivity index (χ0n) is 6.79. The van der Waals surface area contributed by atoms with Crippen molar-refractivity contribution in [3.05, 3.63) is 35.9 Å². The quantitative estimate of drug-likeness (QED) is 0.536. The summed E-state index contributed by atoms with van der Waals surface area (Å²) in [5.74, 6) is 0. The third kappa shape index (κ3) is 4.48. The molecule has 1 rings (SSSR count). The predicted molar refractivity (Wildman–Crippen MR) is 47.6 cm³/mol. The number of hydrogen-bond acceptors (Lipinski definition) is 4. The molecule has 0 fully saturated rings. The van der Waals surface area contributed by atoms with Gasteiger partial charge in [0.2, 0.25) is 0 Å². The number of nitrogens with zero attached hydrogens (tertiary/aromatic N) is 1. The molecule has 0 amide bonds. The number of benzene rings is 1. The smallest absolute Gasteiger partial charge is 0.490 e. The topological polar surface area (TPSA) is 61.7 Å². The highest BCUT2D eigenvalue weighted by Crippen LogP contribution is 2.07. The zero-order chi connectivity index (χ0) is 9.52. The molecule has 0 aliphatic heterocycles. The molecule has 4 nitrogen and oxygen atoms in total. The second-order valence-electron chi connectivity index (χ2n) is 2.20. The molecule has 1 unspecified atom stereocenters. The second-order valence-corrected chi connectivity index (χ2v) is 2.91. The Hall–Kier alpha value is -1.09. The van der Waals surface area contributed by atoms with E-state index in [-0.39, 0.29) is 6.73 Å². The third-order valence-electron chi connectivity index (χ3n) is 1.28. The lowest BCUT2D eigenvalue weighted by molar-refractivity contribution is -0.185. The first-order valence-electron chi connectivity index (χ1n) is 3.61. The molecule has 0 saturated heterocycles. The van der Waals surface area contributed by atoms with Crippen molar-refractivity contribution in [1.29, 1.82) is 0 Å². The van der Waals surface area contributed by atoms with Gasteiger partial charge in [0.15, 0.2) is 6.73 Å². The fourth-order valence-electron chi connectivity index (χ4n) is 0.762. The summed E-state index contributed by atoms with van der Waals surface area (Å²) >= 11 is 0. The Balaban J connectivity index is 2.37. The summed E-state index contributed by atoms with van der Waals surface area (Å²) in [4.78, 5) is 13.7. The molecular formula is C8H8NO3P. The molecule has 0 N–H and O–H groups in total. The van der Waals surface area contributed by atoms with E-state index in [4.69, 9.17) is 0 Å². The number of hydrogen-bond donors (Lipinski definition) is 0. The maximum absolute atomic E-state index is 9.95. The second kappa shape index (κ2) is 5.54. The Bertz CT molecular complexity index is 300. The van der Waals surface area contributed by atoms with Crippen molar-refractivity contribution in [2.75, 3.05) is 6.73 Å². The fourth-order valence-corrected chi connectivity index (χ4v) is 0.923. The average Bonchev–Trinajstić information content (AvgIpc) is 2.14. The lowest BCUT2D eigenvalue weighted by atomic mass is 10.2. The van der Waals surface area contributed by atoms with E-state index in [1.807, 2.05) is 30.3 Å². The van der Waals surface area contributed by atoms with Crippen LogP contribution in [0.3, 0.4) is 0 Å². The average molecular weight is 197 g/mol. The molecule has 0 spiro atoms. The molecule has 13 heavy (non-hydrogen) atoms. The van der Waals surface area contributed by atoms with Crippen LogP contribution in [-0.2, 0) is 9.09 Å². The Morgan fingerprint density at radius 2 is 2.15 bits per heavy atom. The minimum atomic E-state index is -2.79. The Kier molecular flexibility index (Phi) is 4.26. The maximum atomic E-state index is 9.95. The SMILES string of the molecule is O=[P+]([O-])OC/N=C/c1ccccc1. The van der Waals surface area contributed by atoms with E-state index in [1.165, 1.54) is 0 Å². The first-order chi connectivity index (χ1) is 6.29. The van der Waals surface area contributed by atoms with Crippen molar-refractivity contribution in [2.24, 2.45) is 4.99 Å². The van der Waals surface area contributed by atoms with Gasteiger partial charge in [-0.3, -0.25) is 4.99 Å². The third-order valence-corrected chi connectivity index (χ3v) is 1.60. The van der Waals surface area contributed by atoms with Gasteiger partial charge in [-0.15, -0.1) is 4.52 Å². The first kappa shape index (κ1) is 9.99. The van der Waals surface area contributed by atoms with Crippen LogP contribution in [0.15, 0.2) is 35.3 Å². The van der Waals surface area contributed by atoms with Crippen LogP contribution in [0.2, 0.25) is 0 Å². The highest BCUT2D eigenvalue weighted by molar-refractivity contribution is 7.30. The van der Waals surface area contributed by atoms with Crippen LogP contribution in [0.1, 0.15) is 5.56 Å². The minimum absolute atomic E-state index is 0.159. The summed E-state index contributed by atoms with van der Waals surface area (Å²) in [6, 6.07) is 9.36. The molecule has 1 aromatic carbocycles. The van der Waals surface area contributed by atoms with Gasteiger partial charge in [-0.25, -0.2) is 0 Å². The molecule has 0 heterocycles. The van der Waals surface area contributed by atoms with Gasteiger partial charge in [-0.05, 0) is 10.1 Å². The molecule has 1 aromatic rings. The van der Waals surface area contributed by atoms with Gasteiger partial charge < -0.3 is 4.89 Å². The zero-order valence-corrected chi connectivity index (χ0v) is 7.68. The molecule has 0 radical (unpaired) electrons. The molecule has 0 saturated carbocycles. The van der Waals surface area contributed by atoms with Gasteiger partial charge >= 0.3 is 8.25 Å². The normalized spacial score (nSPS) is 11.9. The molecule has 1 atom stereocenters. The summed E-state index contributed by atoms with van der Waals surface area (Å²) in [6.45, 7) is -0.159. The van der Waals surface area contributed by atoms with Gasteiger partial charge in [0.25, 0.3) is 0 Å². The lowest BCUT2D eigenvalue weighted by Gasteiger charge is -1.89. The van der Waals surface area contributed by atoms with Crippen molar-refractivity contribution in [3.63, 3.8) is 0 Å². The van der Waals surface area contributed by atoms with Crippen LogP contribution in [-0.4, -0.2) is 12.9 Å². The molecule has 0 aliphatic rings. The highest BCUT2D eigenvalue weighted by Gasteiger charge is 1.96. The molecule has 5 heteroatoms. The first-order valence-corrected chi connectivity index (χ1v) is 4.71. The van der Waals surface area contributed by atoms with Crippen molar-refractivity contribution >= 4 is 14.5 Å². The van der Waals surface area contributed by atoms with E-state index >= 15 is 0 Å². The molecule has 0 aliphatic carbocycles. The lowest BCUT2D eigenvalue weighted by Crippen LogP contribution is -1.92. The minimum Gasteiger partial charge on any atom is -0.566 e.